The molecule has 0 saturated carbocycles. The van der Waals surface area contributed by atoms with Crippen molar-refractivity contribution < 1.29 is 4.39 Å². The van der Waals surface area contributed by atoms with E-state index in [1.807, 2.05) is 0 Å². The Kier molecular flexibility index (Phi) is 4.24. The average Bonchev–Trinajstić information content (AvgIpc) is 2.13. The lowest BCUT2D eigenvalue weighted by atomic mass is 9.79. The summed E-state index contributed by atoms with van der Waals surface area (Å²) in [5.74, 6) is 1.34. The molecule has 0 aromatic carbocycles. The highest BCUT2D eigenvalue weighted by Crippen LogP contribution is 2.28. The van der Waals surface area contributed by atoms with Gasteiger partial charge in [-0.3, -0.25) is 4.39 Å². The SMILES string of the molecule is BC1C[C@@H](CCF)CC(C)N(C)C1. The first-order valence-corrected chi connectivity index (χ1v) is 5.39. The summed E-state index contributed by atoms with van der Waals surface area (Å²) in [6.07, 6.45) is 3.14. The van der Waals surface area contributed by atoms with Crippen LogP contribution in [-0.2, 0) is 0 Å². The molecule has 3 heteroatoms. The summed E-state index contributed by atoms with van der Waals surface area (Å²) >= 11 is 0. The summed E-state index contributed by atoms with van der Waals surface area (Å²) in [6.45, 7) is 3.28. The lowest BCUT2D eigenvalue weighted by Crippen LogP contribution is -2.30. The van der Waals surface area contributed by atoms with E-state index in [-0.39, 0.29) is 6.67 Å². The van der Waals surface area contributed by atoms with E-state index in [2.05, 4.69) is 26.7 Å². The van der Waals surface area contributed by atoms with Gasteiger partial charge in [0, 0.05) is 6.04 Å². The summed E-state index contributed by atoms with van der Waals surface area (Å²) in [7, 11) is 4.46. The molecule has 0 aliphatic carbocycles. The van der Waals surface area contributed by atoms with Gasteiger partial charge in [-0.05, 0) is 39.3 Å². The van der Waals surface area contributed by atoms with Crippen molar-refractivity contribution in [2.45, 2.75) is 38.0 Å². The molecular formula is C10H21BFN. The third kappa shape index (κ3) is 3.30. The summed E-state index contributed by atoms with van der Waals surface area (Å²) in [4.78, 5) is 2.41. The lowest BCUT2D eigenvalue weighted by Gasteiger charge is -2.23. The molecule has 0 radical (unpaired) electrons. The van der Waals surface area contributed by atoms with Crippen LogP contribution in [0.25, 0.3) is 0 Å². The van der Waals surface area contributed by atoms with Crippen molar-refractivity contribution in [3.8, 4) is 0 Å². The minimum Gasteiger partial charge on any atom is -0.304 e. The maximum Gasteiger partial charge on any atom is 0.107 e. The molecule has 13 heavy (non-hydrogen) atoms. The number of nitrogens with zero attached hydrogens (tertiary/aromatic N) is 1. The zero-order valence-corrected chi connectivity index (χ0v) is 9.09. The van der Waals surface area contributed by atoms with Crippen LogP contribution in [0.1, 0.15) is 26.2 Å². The van der Waals surface area contributed by atoms with Crippen molar-refractivity contribution in [3.05, 3.63) is 0 Å². The third-order valence-electron chi connectivity index (χ3n) is 3.28. The van der Waals surface area contributed by atoms with E-state index in [4.69, 9.17) is 0 Å². The minimum absolute atomic E-state index is 0.145. The molecule has 0 spiro atoms. The first-order valence-electron chi connectivity index (χ1n) is 5.39. The molecule has 1 aliphatic rings. The molecule has 0 aromatic rings. The summed E-state index contributed by atoms with van der Waals surface area (Å²) in [5, 5.41) is 0. The smallest absolute Gasteiger partial charge is 0.107 e. The Labute approximate surface area is 82.1 Å². The Bertz CT molecular complexity index is 154. The van der Waals surface area contributed by atoms with Gasteiger partial charge in [0.25, 0.3) is 0 Å². The van der Waals surface area contributed by atoms with E-state index in [1.54, 1.807) is 0 Å². The molecule has 2 unspecified atom stereocenters. The van der Waals surface area contributed by atoms with E-state index in [1.165, 1.54) is 19.4 Å². The van der Waals surface area contributed by atoms with Gasteiger partial charge in [-0.15, -0.1) is 0 Å². The zero-order chi connectivity index (χ0) is 9.84. The minimum atomic E-state index is -0.145. The van der Waals surface area contributed by atoms with Crippen LogP contribution in [0.3, 0.4) is 0 Å². The number of hydrogen-bond acceptors (Lipinski definition) is 1. The first kappa shape index (κ1) is 11.0. The quantitative estimate of drug-likeness (QED) is 0.589. The van der Waals surface area contributed by atoms with Gasteiger partial charge in [-0.1, -0.05) is 12.2 Å². The van der Waals surface area contributed by atoms with Gasteiger partial charge < -0.3 is 4.90 Å². The standard InChI is InChI=1S/C10H21BFN/c1-8-5-9(3-4-12)6-10(11)7-13(8)2/h8-10H,3-7,11H2,1-2H3/t8?,9-,10?/m0/s1. The van der Waals surface area contributed by atoms with Crippen molar-refractivity contribution in [2.24, 2.45) is 5.92 Å². The topological polar surface area (TPSA) is 3.24 Å². The van der Waals surface area contributed by atoms with Gasteiger partial charge in [-0.25, -0.2) is 0 Å². The van der Waals surface area contributed by atoms with Crippen LogP contribution in [0.5, 0.6) is 0 Å². The van der Waals surface area contributed by atoms with E-state index < -0.39 is 0 Å². The predicted molar refractivity (Wildman–Crippen MR) is 57.7 cm³/mol. The number of hydrogen-bond donors (Lipinski definition) is 0. The van der Waals surface area contributed by atoms with Gasteiger partial charge in [-0.2, -0.15) is 0 Å². The highest BCUT2D eigenvalue weighted by Gasteiger charge is 2.24. The Balaban J connectivity index is 2.49. The molecule has 0 amide bonds. The fourth-order valence-electron chi connectivity index (χ4n) is 2.46. The average molecular weight is 185 g/mol. The molecule has 1 aliphatic heterocycles. The van der Waals surface area contributed by atoms with Crippen LogP contribution >= 0.6 is 0 Å². The van der Waals surface area contributed by atoms with Crippen LogP contribution < -0.4 is 0 Å². The highest BCUT2D eigenvalue weighted by molar-refractivity contribution is 6.11. The van der Waals surface area contributed by atoms with E-state index >= 15 is 0 Å². The first-order chi connectivity index (χ1) is 6.13. The number of alkyl halides is 1. The second kappa shape index (κ2) is 4.99. The van der Waals surface area contributed by atoms with Crippen LogP contribution in [0, 0.1) is 5.92 Å². The fraction of sp³-hybridized carbons (Fsp3) is 1.00. The fourth-order valence-corrected chi connectivity index (χ4v) is 2.46. The van der Waals surface area contributed by atoms with Crippen molar-refractivity contribution >= 4 is 7.85 Å². The Hall–Kier alpha value is -0.0451. The number of halogens is 1. The van der Waals surface area contributed by atoms with E-state index in [9.17, 15) is 4.39 Å². The molecule has 76 valence electrons. The molecule has 1 rings (SSSR count). The maximum atomic E-state index is 12.2. The Morgan fingerprint density at radius 1 is 1.46 bits per heavy atom. The van der Waals surface area contributed by atoms with Crippen molar-refractivity contribution in [1.29, 1.82) is 0 Å². The van der Waals surface area contributed by atoms with Crippen molar-refractivity contribution in [3.63, 3.8) is 0 Å². The monoisotopic (exact) mass is 185 g/mol. The summed E-state index contributed by atoms with van der Waals surface area (Å²) < 4.78 is 12.2. The predicted octanol–water partition coefficient (Wildman–Crippen LogP) is 1.50. The number of rotatable bonds is 2. The van der Waals surface area contributed by atoms with Crippen LogP contribution in [0.4, 0.5) is 4.39 Å². The molecule has 1 fully saturated rings. The second-order valence-corrected chi connectivity index (χ2v) is 4.71. The number of likely N-dealkylation sites (tertiary alicyclic amines) is 1. The van der Waals surface area contributed by atoms with Gasteiger partial charge in [0.05, 0.1) is 6.67 Å². The molecule has 0 N–H and O–H groups in total. The van der Waals surface area contributed by atoms with E-state index in [0.717, 1.165) is 12.2 Å². The third-order valence-corrected chi connectivity index (χ3v) is 3.28. The molecule has 0 aromatic heterocycles. The largest absolute Gasteiger partial charge is 0.304 e. The molecule has 0 bridgehead atoms. The van der Waals surface area contributed by atoms with Crippen LogP contribution in [0.15, 0.2) is 0 Å². The maximum absolute atomic E-state index is 12.2. The molecule has 1 saturated heterocycles. The Morgan fingerprint density at radius 3 is 2.77 bits per heavy atom. The van der Waals surface area contributed by atoms with Crippen molar-refractivity contribution in [2.75, 3.05) is 20.3 Å². The van der Waals surface area contributed by atoms with E-state index in [0.29, 0.717) is 12.0 Å². The zero-order valence-electron chi connectivity index (χ0n) is 9.09. The van der Waals surface area contributed by atoms with Gasteiger partial charge in [0.2, 0.25) is 0 Å². The summed E-state index contributed by atoms with van der Waals surface area (Å²) in [5.41, 5.74) is 0. The normalized spacial score (nSPS) is 37.3. The molecule has 3 atom stereocenters. The molecule has 1 nitrogen and oxygen atoms in total. The Morgan fingerprint density at radius 2 is 2.15 bits per heavy atom. The van der Waals surface area contributed by atoms with Crippen LogP contribution in [-0.4, -0.2) is 39.1 Å². The van der Waals surface area contributed by atoms with Crippen LogP contribution in [0.2, 0.25) is 5.82 Å². The summed E-state index contributed by atoms with van der Waals surface area (Å²) in [6, 6.07) is 0.626. The molecular weight excluding hydrogens is 164 g/mol. The van der Waals surface area contributed by atoms with Gasteiger partial charge in [0.15, 0.2) is 0 Å². The van der Waals surface area contributed by atoms with Gasteiger partial charge in [0.1, 0.15) is 7.85 Å². The highest BCUT2D eigenvalue weighted by atomic mass is 19.1. The van der Waals surface area contributed by atoms with Gasteiger partial charge >= 0.3 is 0 Å². The second-order valence-electron chi connectivity index (χ2n) is 4.71. The lowest BCUT2D eigenvalue weighted by molar-refractivity contribution is 0.246. The molecule has 1 heterocycles. The van der Waals surface area contributed by atoms with Crippen molar-refractivity contribution in [1.82, 2.24) is 4.90 Å².